The molecule has 2 aromatic rings. The molecule has 0 radical (unpaired) electrons. The summed E-state index contributed by atoms with van der Waals surface area (Å²) in [5, 5.41) is 0. The largest absolute Gasteiger partial charge is 0.377 e. The molecular formula is C24H24F2N4O. The van der Waals surface area contributed by atoms with Crippen LogP contribution in [0, 0.1) is 17.3 Å². The summed E-state index contributed by atoms with van der Waals surface area (Å²) in [5.74, 6) is 3.14. The van der Waals surface area contributed by atoms with Gasteiger partial charge in [0.05, 0.1) is 24.2 Å². The molecule has 1 atom stereocenters. The number of nitrogens with two attached hydrogens (primary N) is 1. The van der Waals surface area contributed by atoms with E-state index < -0.39 is 24.9 Å². The molecule has 3 heterocycles. The summed E-state index contributed by atoms with van der Waals surface area (Å²) < 4.78 is 26.7. The molecule has 7 heteroatoms. The summed E-state index contributed by atoms with van der Waals surface area (Å²) in [5.41, 5.74) is 8.71. The Hall–Kier alpha value is -3.40. The second-order valence-corrected chi connectivity index (χ2v) is 8.45. The number of carbonyl (C=O) groups excluding carboxylic acids is 1. The van der Waals surface area contributed by atoms with Gasteiger partial charge >= 0.3 is 0 Å². The van der Waals surface area contributed by atoms with Gasteiger partial charge in [-0.15, -0.1) is 0 Å². The highest BCUT2D eigenvalue weighted by Gasteiger charge is 2.44. The van der Waals surface area contributed by atoms with E-state index in [4.69, 9.17) is 5.73 Å². The summed E-state index contributed by atoms with van der Waals surface area (Å²) in [7, 11) is 2.01. The van der Waals surface area contributed by atoms with E-state index in [9.17, 15) is 13.6 Å². The Balaban J connectivity index is 1.67. The van der Waals surface area contributed by atoms with Crippen molar-refractivity contribution in [1.29, 1.82) is 0 Å². The molecule has 0 aliphatic carbocycles. The van der Waals surface area contributed by atoms with Gasteiger partial charge in [-0.3, -0.25) is 4.79 Å². The third-order valence-electron chi connectivity index (χ3n) is 5.96. The normalized spacial score (nSPS) is 22.0. The molecule has 0 spiro atoms. The van der Waals surface area contributed by atoms with Crippen LogP contribution in [-0.4, -0.2) is 48.4 Å². The van der Waals surface area contributed by atoms with Gasteiger partial charge in [0.15, 0.2) is 0 Å². The molecule has 160 valence electrons. The topological polar surface area (TPSA) is 62.5 Å². The smallest absolute Gasteiger partial charge is 0.282 e. The van der Waals surface area contributed by atoms with Gasteiger partial charge in [-0.1, -0.05) is 30.6 Å². The van der Waals surface area contributed by atoms with Crippen LogP contribution in [0.1, 0.15) is 29.4 Å². The van der Waals surface area contributed by atoms with E-state index in [1.54, 1.807) is 6.07 Å². The first kappa shape index (κ1) is 20.9. The average Bonchev–Trinajstić information content (AvgIpc) is 2.98. The molecule has 1 amide bonds. The first-order valence-corrected chi connectivity index (χ1v) is 10.1. The minimum atomic E-state index is -2.72. The molecule has 2 N–H and O–H groups in total. The van der Waals surface area contributed by atoms with E-state index in [1.807, 2.05) is 31.3 Å². The molecule has 2 aliphatic heterocycles. The molecule has 0 bridgehead atoms. The Morgan fingerprint density at radius 1 is 1.26 bits per heavy atom. The molecular weight excluding hydrogens is 398 g/mol. The number of nitrogens with zero attached hydrogens (tertiary/aromatic N) is 3. The van der Waals surface area contributed by atoms with Gasteiger partial charge in [0, 0.05) is 36.1 Å². The van der Waals surface area contributed by atoms with Gasteiger partial charge in [-0.25, -0.2) is 13.8 Å². The standard InChI is InChI=1S/C24H24F2N4O/c1-16-23(2,9-10-29(16)3)8-7-17-5-4-6-18(11-17)20-12-19(13-21(28-20)22(27)31)30-14-24(25,26)15-30/h4-6,11-13H,1,9-10,14-15H2,2-3H3,(H2,27,31)/t23-/m1/s1. The Morgan fingerprint density at radius 3 is 2.61 bits per heavy atom. The number of primary amides is 1. The molecule has 1 aromatic carbocycles. The van der Waals surface area contributed by atoms with Crippen molar-refractivity contribution < 1.29 is 13.6 Å². The van der Waals surface area contributed by atoms with E-state index in [-0.39, 0.29) is 11.1 Å². The number of hydrogen-bond donors (Lipinski definition) is 1. The number of halogens is 2. The maximum atomic E-state index is 13.3. The zero-order chi connectivity index (χ0) is 22.4. The van der Waals surface area contributed by atoms with E-state index in [0.29, 0.717) is 11.4 Å². The van der Waals surface area contributed by atoms with Crippen LogP contribution in [-0.2, 0) is 0 Å². The van der Waals surface area contributed by atoms with Crippen LogP contribution in [0.3, 0.4) is 0 Å². The predicted octanol–water partition coefficient (Wildman–Crippen LogP) is 3.51. The van der Waals surface area contributed by atoms with Crippen LogP contribution < -0.4 is 10.6 Å². The van der Waals surface area contributed by atoms with Crippen molar-refractivity contribution in [2.75, 3.05) is 31.6 Å². The highest BCUT2D eigenvalue weighted by atomic mass is 19.3. The van der Waals surface area contributed by atoms with Crippen LogP contribution in [0.15, 0.2) is 48.7 Å². The monoisotopic (exact) mass is 422 g/mol. The summed E-state index contributed by atoms with van der Waals surface area (Å²) in [6.07, 6.45) is 0.918. The first-order chi connectivity index (χ1) is 14.6. The number of hydrogen-bond acceptors (Lipinski definition) is 4. The third kappa shape index (κ3) is 4.11. The second-order valence-electron chi connectivity index (χ2n) is 8.45. The fraction of sp³-hybridized carbons (Fsp3) is 0.333. The second kappa shape index (κ2) is 7.38. The average molecular weight is 422 g/mol. The number of likely N-dealkylation sites (tertiary alicyclic amines) is 1. The van der Waals surface area contributed by atoms with Gasteiger partial charge < -0.3 is 15.5 Å². The van der Waals surface area contributed by atoms with Crippen molar-refractivity contribution in [2.45, 2.75) is 19.3 Å². The molecule has 5 nitrogen and oxygen atoms in total. The lowest BCUT2D eigenvalue weighted by molar-refractivity contribution is -0.0262. The van der Waals surface area contributed by atoms with E-state index in [0.717, 1.165) is 29.8 Å². The SMILES string of the molecule is C=C1N(C)CC[C@@]1(C)C#Cc1cccc(-c2cc(N3CC(F)(F)C3)cc(C(N)=O)n2)c1. The summed E-state index contributed by atoms with van der Waals surface area (Å²) >= 11 is 0. The van der Waals surface area contributed by atoms with Crippen molar-refractivity contribution in [1.82, 2.24) is 9.88 Å². The fourth-order valence-electron chi connectivity index (χ4n) is 3.86. The number of aromatic nitrogens is 1. The number of anilines is 1. The van der Waals surface area contributed by atoms with Gasteiger partial charge in [-0.05, 0) is 37.6 Å². The molecule has 31 heavy (non-hydrogen) atoms. The van der Waals surface area contributed by atoms with Crippen LogP contribution >= 0.6 is 0 Å². The van der Waals surface area contributed by atoms with E-state index in [1.165, 1.54) is 11.0 Å². The van der Waals surface area contributed by atoms with Gasteiger partial charge in [-0.2, -0.15) is 0 Å². The maximum absolute atomic E-state index is 13.3. The molecule has 1 aromatic heterocycles. The molecule has 2 saturated heterocycles. The molecule has 2 fully saturated rings. The van der Waals surface area contributed by atoms with Crippen LogP contribution in [0.25, 0.3) is 11.3 Å². The third-order valence-corrected chi connectivity index (χ3v) is 5.96. The zero-order valence-corrected chi connectivity index (χ0v) is 17.6. The van der Waals surface area contributed by atoms with Crippen molar-refractivity contribution >= 4 is 11.6 Å². The van der Waals surface area contributed by atoms with Crippen molar-refractivity contribution in [2.24, 2.45) is 11.1 Å². The summed E-state index contributed by atoms with van der Waals surface area (Å²) in [6, 6.07) is 10.6. The number of allylic oxidation sites excluding steroid dienone is 1. The lowest BCUT2D eigenvalue weighted by Gasteiger charge is -2.40. The number of pyridine rings is 1. The van der Waals surface area contributed by atoms with Crippen molar-refractivity contribution in [3.8, 4) is 23.1 Å². The fourth-order valence-corrected chi connectivity index (χ4v) is 3.86. The molecule has 2 aliphatic rings. The Kier molecular flexibility index (Phi) is 4.97. The van der Waals surface area contributed by atoms with E-state index >= 15 is 0 Å². The highest BCUT2D eigenvalue weighted by Crippen LogP contribution is 2.37. The Labute approximate surface area is 180 Å². The van der Waals surface area contributed by atoms with E-state index in [2.05, 4.69) is 35.2 Å². The number of benzene rings is 1. The maximum Gasteiger partial charge on any atom is 0.282 e. The lowest BCUT2D eigenvalue weighted by atomic mass is 9.87. The van der Waals surface area contributed by atoms with Gasteiger partial charge in [0.1, 0.15) is 5.69 Å². The molecule has 4 rings (SSSR count). The predicted molar refractivity (Wildman–Crippen MR) is 117 cm³/mol. The Bertz CT molecular complexity index is 1130. The summed E-state index contributed by atoms with van der Waals surface area (Å²) in [6.45, 7) is 6.38. The van der Waals surface area contributed by atoms with Crippen molar-refractivity contribution in [3.63, 3.8) is 0 Å². The van der Waals surface area contributed by atoms with Crippen molar-refractivity contribution in [3.05, 3.63) is 59.9 Å². The minimum Gasteiger partial charge on any atom is -0.377 e. The molecule has 0 saturated carbocycles. The number of rotatable bonds is 3. The number of carbonyl (C=O) groups is 1. The first-order valence-electron chi connectivity index (χ1n) is 10.1. The lowest BCUT2D eigenvalue weighted by Crippen LogP contribution is -2.56. The molecule has 0 unspecified atom stereocenters. The van der Waals surface area contributed by atoms with Crippen LogP contribution in [0.5, 0.6) is 0 Å². The van der Waals surface area contributed by atoms with Gasteiger partial charge in [0.25, 0.3) is 11.8 Å². The van der Waals surface area contributed by atoms with Crippen LogP contribution in [0.4, 0.5) is 14.5 Å². The highest BCUT2D eigenvalue weighted by molar-refractivity contribution is 5.92. The zero-order valence-electron chi connectivity index (χ0n) is 17.6. The van der Waals surface area contributed by atoms with Crippen LogP contribution in [0.2, 0.25) is 0 Å². The van der Waals surface area contributed by atoms with Gasteiger partial charge in [0.2, 0.25) is 0 Å². The minimum absolute atomic E-state index is 0.0389. The summed E-state index contributed by atoms with van der Waals surface area (Å²) in [4.78, 5) is 19.7. The number of amides is 1. The number of alkyl halides is 2. The quantitative estimate of drug-likeness (QED) is 0.769. The Morgan fingerprint density at radius 2 is 2.00 bits per heavy atom.